The molecule has 0 saturated carbocycles. The molecule has 0 aliphatic heterocycles. The van der Waals surface area contributed by atoms with Crippen LogP contribution in [0.1, 0.15) is 25.1 Å². The molecular weight excluding hydrogens is 314 g/mol. The molecule has 0 unspecified atom stereocenters. The molecule has 2 rings (SSSR count). The van der Waals surface area contributed by atoms with Crippen LogP contribution in [0.2, 0.25) is 0 Å². The van der Waals surface area contributed by atoms with Gasteiger partial charge in [0, 0.05) is 24.5 Å². The standard InChI is InChI=1S/C16H22BrN3/c1-12(2)11-19(4)16-15(10-17)13(3)18-20(16)14-8-6-5-7-9-14/h5-9,12H,10-11H2,1-4H3. The number of nitrogens with zero attached hydrogens (tertiary/aromatic N) is 3. The highest BCUT2D eigenvalue weighted by Gasteiger charge is 2.19. The molecule has 0 spiro atoms. The summed E-state index contributed by atoms with van der Waals surface area (Å²) in [7, 11) is 2.14. The van der Waals surface area contributed by atoms with Gasteiger partial charge in [-0.3, -0.25) is 0 Å². The molecule has 2 aromatic rings. The minimum absolute atomic E-state index is 0.614. The summed E-state index contributed by atoms with van der Waals surface area (Å²) in [5.74, 6) is 1.79. The van der Waals surface area contributed by atoms with Crippen LogP contribution in [-0.2, 0) is 5.33 Å². The van der Waals surface area contributed by atoms with Crippen LogP contribution in [-0.4, -0.2) is 23.4 Å². The lowest BCUT2D eigenvalue weighted by Crippen LogP contribution is -2.25. The molecule has 1 aromatic heterocycles. The van der Waals surface area contributed by atoms with Crippen molar-refractivity contribution in [3.63, 3.8) is 0 Å². The Balaban J connectivity index is 2.52. The second-order valence-electron chi connectivity index (χ2n) is 5.54. The zero-order valence-electron chi connectivity index (χ0n) is 12.6. The molecule has 0 amide bonds. The van der Waals surface area contributed by atoms with Crippen molar-refractivity contribution in [2.45, 2.75) is 26.1 Å². The predicted molar refractivity (Wildman–Crippen MR) is 89.0 cm³/mol. The molecule has 4 heteroatoms. The third kappa shape index (κ3) is 3.06. The van der Waals surface area contributed by atoms with Gasteiger partial charge in [-0.2, -0.15) is 5.10 Å². The van der Waals surface area contributed by atoms with Crippen molar-refractivity contribution >= 4 is 21.7 Å². The third-order valence-electron chi connectivity index (χ3n) is 3.29. The molecular formula is C16H22BrN3. The van der Waals surface area contributed by atoms with Crippen LogP contribution in [0.25, 0.3) is 5.69 Å². The summed E-state index contributed by atoms with van der Waals surface area (Å²) >= 11 is 3.60. The maximum Gasteiger partial charge on any atom is 0.136 e. The van der Waals surface area contributed by atoms with E-state index in [-0.39, 0.29) is 0 Å². The van der Waals surface area contributed by atoms with E-state index < -0.39 is 0 Å². The van der Waals surface area contributed by atoms with Gasteiger partial charge >= 0.3 is 0 Å². The first-order valence-electron chi connectivity index (χ1n) is 6.95. The van der Waals surface area contributed by atoms with Crippen molar-refractivity contribution in [3.8, 4) is 5.69 Å². The van der Waals surface area contributed by atoms with E-state index in [1.165, 1.54) is 11.4 Å². The lowest BCUT2D eigenvalue weighted by Gasteiger charge is -2.23. The van der Waals surface area contributed by atoms with Gasteiger partial charge in [-0.25, -0.2) is 4.68 Å². The fourth-order valence-electron chi connectivity index (χ4n) is 2.48. The normalized spacial score (nSPS) is 11.1. The van der Waals surface area contributed by atoms with Crippen molar-refractivity contribution in [2.24, 2.45) is 5.92 Å². The summed E-state index contributed by atoms with van der Waals surface area (Å²) in [5.41, 5.74) is 3.45. The van der Waals surface area contributed by atoms with E-state index in [1.54, 1.807) is 0 Å². The first kappa shape index (κ1) is 15.1. The van der Waals surface area contributed by atoms with E-state index >= 15 is 0 Å². The zero-order chi connectivity index (χ0) is 14.7. The number of rotatable bonds is 5. The summed E-state index contributed by atoms with van der Waals surface area (Å²) in [6, 6.07) is 10.3. The van der Waals surface area contributed by atoms with Crippen molar-refractivity contribution in [1.82, 2.24) is 9.78 Å². The Bertz CT molecular complexity index is 561. The predicted octanol–water partition coefficient (Wildman–Crippen LogP) is 4.17. The minimum atomic E-state index is 0.614. The van der Waals surface area contributed by atoms with E-state index in [0.29, 0.717) is 5.92 Å². The van der Waals surface area contributed by atoms with Crippen LogP contribution in [0.15, 0.2) is 30.3 Å². The molecule has 0 aliphatic rings. The van der Waals surface area contributed by atoms with Gasteiger partial charge in [-0.05, 0) is 25.0 Å². The zero-order valence-corrected chi connectivity index (χ0v) is 14.2. The molecule has 0 N–H and O–H groups in total. The summed E-state index contributed by atoms with van der Waals surface area (Å²) in [4.78, 5) is 2.30. The van der Waals surface area contributed by atoms with Crippen molar-refractivity contribution in [1.29, 1.82) is 0 Å². The van der Waals surface area contributed by atoms with E-state index in [9.17, 15) is 0 Å². The highest BCUT2D eigenvalue weighted by Crippen LogP contribution is 2.28. The number of aromatic nitrogens is 2. The van der Waals surface area contributed by atoms with Gasteiger partial charge in [-0.1, -0.05) is 48.0 Å². The fourth-order valence-corrected chi connectivity index (χ4v) is 3.14. The summed E-state index contributed by atoms with van der Waals surface area (Å²) in [5, 5.41) is 5.55. The summed E-state index contributed by atoms with van der Waals surface area (Å²) < 4.78 is 2.05. The highest BCUT2D eigenvalue weighted by molar-refractivity contribution is 9.08. The average Bonchev–Trinajstić information content (AvgIpc) is 2.75. The largest absolute Gasteiger partial charge is 0.359 e. The summed E-state index contributed by atoms with van der Waals surface area (Å²) in [6.07, 6.45) is 0. The topological polar surface area (TPSA) is 21.1 Å². The molecule has 0 radical (unpaired) electrons. The number of halogens is 1. The molecule has 0 fully saturated rings. The quantitative estimate of drug-likeness (QED) is 0.764. The maximum atomic E-state index is 4.73. The molecule has 0 aliphatic carbocycles. The van der Waals surface area contributed by atoms with Gasteiger partial charge in [0.1, 0.15) is 5.82 Å². The van der Waals surface area contributed by atoms with E-state index in [2.05, 4.69) is 60.8 Å². The number of benzene rings is 1. The minimum Gasteiger partial charge on any atom is -0.359 e. The summed E-state index contributed by atoms with van der Waals surface area (Å²) in [6.45, 7) is 7.56. The first-order chi connectivity index (χ1) is 9.54. The van der Waals surface area contributed by atoms with Crippen LogP contribution in [0.4, 0.5) is 5.82 Å². The molecule has 0 saturated heterocycles. The van der Waals surface area contributed by atoms with Crippen molar-refractivity contribution < 1.29 is 0 Å². The maximum absolute atomic E-state index is 4.73. The number of hydrogen-bond donors (Lipinski definition) is 0. The van der Waals surface area contributed by atoms with Gasteiger partial charge in [0.15, 0.2) is 0 Å². The second kappa shape index (κ2) is 6.44. The number of para-hydroxylation sites is 1. The van der Waals surface area contributed by atoms with E-state index in [4.69, 9.17) is 5.10 Å². The van der Waals surface area contributed by atoms with E-state index in [1.807, 2.05) is 22.9 Å². The average molecular weight is 336 g/mol. The monoisotopic (exact) mass is 335 g/mol. The second-order valence-corrected chi connectivity index (χ2v) is 6.10. The van der Waals surface area contributed by atoms with Crippen molar-refractivity contribution in [2.75, 3.05) is 18.5 Å². The number of aryl methyl sites for hydroxylation is 1. The lowest BCUT2D eigenvalue weighted by atomic mass is 10.2. The lowest BCUT2D eigenvalue weighted by molar-refractivity contribution is 0.627. The molecule has 108 valence electrons. The molecule has 20 heavy (non-hydrogen) atoms. The third-order valence-corrected chi connectivity index (χ3v) is 3.85. The number of alkyl halides is 1. The Morgan fingerprint density at radius 3 is 2.45 bits per heavy atom. The Kier molecular flexibility index (Phi) is 4.86. The highest BCUT2D eigenvalue weighted by atomic mass is 79.9. The molecule has 0 atom stereocenters. The van der Waals surface area contributed by atoms with Gasteiger partial charge < -0.3 is 4.90 Å². The van der Waals surface area contributed by atoms with Gasteiger partial charge in [0.2, 0.25) is 0 Å². The Morgan fingerprint density at radius 1 is 1.25 bits per heavy atom. The molecule has 0 bridgehead atoms. The first-order valence-corrected chi connectivity index (χ1v) is 8.07. The van der Waals surface area contributed by atoms with Gasteiger partial charge in [0.25, 0.3) is 0 Å². The van der Waals surface area contributed by atoms with Crippen LogP contribution in [0.3, 0.4) is 0 Å². The molecule has 1 aromatic carbocycles. The van der Waals surface area contributed by atoms with Crippen LogP contribution < -0.4 is 4.90 Å². The van der Waals surface area contributed by atoms with Crippen LogP contribution in [0, 0.1) is 12.8 Å². The number of anilines is 1. The Labute approximate surface area is 129 Å². The van der Waals surface area contributed by atoms with E-state index in [0.717, 1.165) is 23.3 Å². The molecule has 3 nitrogen and oxygen atoms in total. The van der Waals surface area contributed by atoms with Crippen molar-refractivity contribution in [3.05, 3.63) is 41.6 Å². The van der Waals surface area contributed by atoms with Gasteiger partial charge in [-0.15, -0.1) is 0 Å². The number of hydrogen-bond acceptors (Lipinski definition) is 2. The van der Waals surface area contributed by atoms with Gasteiger partial charge in [0.05, 0.1) is 11.4 Å². The van der Waals surface area contributed by atoms with Crippen LogP contribution in [0.5, 0.6) is 0 Å². The Morgan fingerprint density at radius 2 is 1.90 bits per heavy atom. The Hall–Kier alpha value is -1.29. The SMILES string of the molecule is Cc1nn(-c2ccccc2)c(N(C)CC(C)C)c1CBr. The smallest absolute Gasteiger partial charge is 0.136 e. The van der Waals surface area contributed by atoms with Crippen LogP contribution >= 0.6 is 15.9 Å². The molecule has 1 heterocycles. The fraction of sp³-hybridized carbons (Fsp3) is 0.438.